The fourth-order valence-electron chi connectivity index (χ4n) is 4.44. The van der Waals surface area contributed by atoms with Crippen molar-refractivity contribution in [3.63, 3.8) is 0 Å². The van der Waals surface area contributed by atoms with Gasteiger partial charge in [-0.15, -0.1) is 0 Å². The Hall–Kier alpha value is -3.20. The molecule has 31 heavy (non-hydrogen) atoms. The number of sulfonamides is 1. The fourth-order valence-corrected chi connectivity index (χ4v) is 6.01. The van der Waals surface area contributed by atoms with Gasteiger partial charge in [-0.1, -0.05) is 24.3 Å². The molecule has 160 valence electrons. The van der Waals surface area contributed by atoms with E-state index in [-0.39, 0.29) is 35.4 Å². The number of hydrogen-bond acceptors (Lipinski definition) is 5. The molecule has 2 aliphatic rings. The summed E-state index contributed by atoms with van der Waals surface area (Å²) in [4.78, 5) is 35.4. The number of benzene rings is 2. The minimum absolute atomic E-state index is 0.00516. The summed E-state index contributed by atoms with van der Waals surface area (Å²) < 4.78 is 26.3. The summed E-state index contributed by atoms with van der Waals surface area (Å²) in [6.07, 6.45) is 2.60. The quantitative estimate of drug-likeness (QED) is 0.675. The third kappa shape index (κ3) is 3.29. The zero-order valence-electron chi connectivity index (χ0n) is 16.8. The van der Waals surface area contributed by atoms with Crippen molar-refractivity contribution in [1.82, 2.24) is 19.2 Å². The molecule has 5 rings (SSSR count). The van der Waals surface area contributed by atoms with Crippen LogP contribution < -0.4 is 0 Å². The van der Waals surface area contributed by atoms with E-state index in [9.17, 15) is 18.0 Å². The van der Waals surface area contributed by atoms with Gasteiger partial charge in [-0.05, 0) is 43.5 Å². The van der Waals surface area contributed by atoms with Gasteiger partial charge in [0.1, 0.15) is 10.7 Å². The number of fused-ring (bicyclic) bond motifs is 2. The molecule has 2 aliphatic heterocycles. The molecule has 9 heteroatoms. The Balaban J connectivity index is 1.34. The number of nitrogens with one attached hydrogen (secondary N) is 1. The summed E-state index contributed by atoms with van der Waals surface area (Å²) in [6.45, 7) is 0.416. The minimum Gasteiger partial charge on any atom is -0.340 e. The zero-order chi connectivity index (χ0) is 21.6. The number of imidazole rings is 1. The highest BCUT2D eigenvalue weighted by Crippen LogP contribution is 2.33. The first-order chi connectivity index (χ1) is 15.0. The third-order valence-electron chi connectivity index (χ3n) is 5.99. The Kier molecular flexibility index (Phi) is 4.77. The van der Waals surface area contributed by atoms with Crippen molar-refractivity contribution in [1.29, 1.82) is 0 Å². The van der Waals surface area contributed by atoms with E-state index >= 15 is 0 Å². The van der Waals surface area contributed by atoms with Crippen LogP contribution in [-0.4, -0.2) is 52.5 Å². The number of carbonyl (C=O) groups is 2. The molecule has 0 aliphatic carbocycles. The Morgan fingerprint density at radius 2 is 1.87 bits per heavy atom. The maximum atomic E-state index is 13.1. The number of carbonyl (C=O) groups excluding carboxylic acids is 2. The first kappa shape index (κ1) is 19.7. The van der Waals surface area contributed by atoms with Gasteiger partial charge in [0.25, 0.3) is 15.9 Å². The summed E-state index contributed by atoms with van der Waals surface area (Å²) in [5.41, 5.74) is 1.93. The lowest BCUT2D eigenvalue weighted by atomic mass is 10.0. The van der Waals surface area contributed by atoms with Gasteiger partial charge in [0.15, 0.2) is 0 Å². The summed E-state index contributed by atoms with van der Waals surface area (Å²) in [5.74, 6) is -0.00786. The minimum atomic E-state index is -3.91. The second-order valence-corrected chi connectivity index (χ2v) is 9.70. The fraction of sp³-hybridized carbons (Fsp3) is 0.318. The second kappa shape index (κ2) is 7.49. The molecular weight excluding hydrogens is 416 g/mol. The van der Waals surface area contributed by atoms with E-state index in [2.05, 4.69) is 9.97 Å². The maximum absolute atomic E-state index is 13.1. The number of aromatic amines is 1. The van der Waals surface area contributed by atoms with Crippen LogP contribution in [0.4, 0.5) is 0 Å². The summed E-state index contributed by atoms with van der Waals surface area (Å²) in [5, 5.41) is 0. The molecule has 0 radical (unpaired) electrons. The van der Waals surface area contributed by atoms with E-state index in [4.69, 9.17) is 0 Å². The average Bonchev–Trinajstić information content (AvgIpc) is 3.30. The number of H-pyrrole nitrogens is 1. The molecule has 8 nitrogen and oxygen atoms in total. The van der Waals surface area contributed by atoms with Gasteiger partial charge < -0.3 is 9.88 Å². The first-order valence-corrected chi connectivity index (χ1v) is 11.8. The Morgan fingerprint density at radius 3 is 2.68 bits per heavy atom. The molecule has 2 amide bonds. The number of likely N-dealkylation sites (tertiary alicyclic amines) is 1. The molecule has 1 atom stereocenters. The lowest BCUT2D eigenvalue weighted by Crippen LogP contribution is -2.41. The smallest absolute Gasteiger partial charge is 0.269 e. The van der Waals surface area contributed by atoms with Crippen molar-refractivity contribution < 1.29 is 18.0 Å². The molecule has 3 heterocycles. The van der Waals surface area contributed by atoms with Gasteiger partial charge >= 0.3 is 0 Å². The van der Waals surface area contributed by atoms with Crippen LogP contribution in [0.2, 0.25) is 0 Å². The number of aromatic nitrogens is 2. The van der Waals surface area contributed by atoms with Crippen LogP contribution in [0.1, 0.15) is 47.9 Å². The van der Waals surface area contributed by atoms with Crippen LogP contribution in [-0.2, 0) is 14.8 Å². The van der Waals surface area contributed by atoms with Crippen LogP contribution in [0, 0.1) is 0 Å². The number of hydrogen-bond donors (Lipinski definition) is 1. The highest BCUT2D eigenvalue weighted by atomic mass is 32.2. The van der Waals surface area contributed by atoms with Crippen LogP contribution in [0.25, 0.3) is 11.0 Å². The Bertz CT molecular complexity index is 1250. The standard InChI is InChI=1S/C22H22N4O4S/c27-20(12-14-26-22(28)15-7-1-4-11-19(15)31(26,29)30)25-13-6-5-10-18(25)21-23-16-8-2-3-9-17(16)24-21/h1-4,7-9,11,18H,5-6,10,12-14H2,(H,23,24)/t18-/m0/s1. The Labute approximate surface area is 179 Å². The van der Waals surface area contributed by atoms with Crippen LogP contribution in [0.3, 0.4) is 0 Å². The number of amides is 2. The molecule has 1 saturated heterocycles. The number of nitrogens with zero attached hydrogens (tertiary/aromatic N) is 3. The van der Waals surface area contributed by atoms with Crippen molar-refractivity contribution in [3.05, 3.63) is 59.9 Å². The van der Waals surface area contributed by atoms with E-state index in [0.717, 1.165) is 40.4 Å². The molecule has 1 aromatic heterocycles. The monoisotopic (exact) mass is 438 g/mol. The van der Waals surface area contributed by atoms with Crippen molar-refractivity contribution in [3.8, 4) is 0 Å². The molecule has 0 spiro atoms. The first-order valence-electron chi connectivity index (χ1n) is 10.4. The molecule has 0 bridgehead atoms. The zero-order valence-corrected chi connectivity index (χ0v) is 17.6. The maximum Gasteiger partial charge on any atom is 0.269 e. The second-order valence-electron chi connectivity index (χ2n) is 7.87. The third-order valence-corrected chi connectivity index (χ3v) is 7.83. The van der Waals surface area contributed by atoms with Crippen LogP contribution >= 0.6 is 0 Å². The van der Waals surface area contributed by atoms with Crippen LogP contribution in [0.5, 0.6) is 0 Å². The summed E-state index contributed by atoms with van der Waals surface area (Å²) in [7, 11) is -3.91. The van der Waals surface area contributed by atoms with Gasteiger partial charge in [0.05, 0.1) is 22.6 Å². The topological polar surface area (TPSA) is 103 Å². The van der Waals surface area contributed by atoms with Crippen molar-refractivity contribution in [2.75, 3.05) is 13.1 Å². The normalized spacial score (nSPS) is 20.3. The van der Waals surface area contributed by atoms with Gasteiger partial charge in [-0.25, -0.2) is 17.7 Å². The summed E-state index contributed by atoms with van der Waals surface area (Å²) >= 11 is 0. The van der Waals surface area contributed by atoms with Crippen LogP contribution in [0.15, 0.2) is 53.4 Å². The lowest BCUT2D eigenvalue weighted by molar-refractivity contribution is -0.135. The van der Waals surface area contributed by atoms with E-state index in [1.165, 1.54) is 12.1 Å². The number of rotatable bonds is 4. The highest BCUT2D eigenvalue weighted by Gasteiger charge is 2.41. The van der Waals surface area contributed by atoms with E-state index in [0.29, 0.717) is 6.54 Å². The van der Waals surface area contributed by atoms with Gasteiger partial charge in [0.2, 0.25) is 5.91 Å². The van der Waals surface area contributed by atoms with Gasteiger partial charge in [-0.2, -0.15) is 0 Å². The summed E-state index contributed by atoms with van der Waals surface area (Å²) in [6, 6.07) is 13.7. The van der Waals surface area contributed by atoms with Crippen molar-refractivity contribution >= 4 is 32.9 Å². The lowest BCUT2D eigenvalue weighted by Gasteiger charge is -2.35. The number of para-hydroxylation sites is 2. The Morgan fingerprint density at radius 1 is 1.10 bits per heavy atom. The molecule has 1 N–H and O–H groups in total. The van der Waals surface area contributed by atoms with E-state index in [1.807, 2.05) is 24.3 Å². The van der Waals surface area contributed by atoms with Gasteiger partial charge in [-0.3, -0.25) is 9.59 Å². The average molecular weight is 439 g/mol. The van der Waals surface area contributed by atoms with Crippen molar-refractivity contribution in [2.45, 2.75) is 36.6 Å². The highest BCUT2D eigenvalue weighted by molar-refractivity contribution is 7.90. The predicted molar refractivity (Wildman–Crippen MR) is 114 cm³/mol. The molecule has 1 fully saturated rings. The molecule has 0 unspecified atom stereocenters. The molecule has 2 aromatic carbocycles. The largest absolute Gasteiger partial charge is 0.340 e. The van der Waals surface area contributed by atoms with E-state index < -0.39 is 15.9 Å². The molecular formula is C22H22N4O4S. The van der Waals surface area contributed by atoms with Crippen molar-refractivity contribution in [2.24, 2.45) is 0 Å². The van der Waals surface area contributed by atoms with Gasteiger partial charge in [0, 0.05) is 19.5 Å². The predicted octanol–water partition coefficient (Wildman–Crippen LogP) is 2.85. The van der Waals surface area contributed by atoms with E-state index in [1.54, 1.807) is 17.0 Å². The molecule has 3 aromatic rings. The SMILES string of the molecule is O=C(CCN1C(=O)c2ccccc2S1(=O)=O)N1CCCC[C@H]1c1nc2ccccc2[nH]1. The number of piperidine rings is 1. The molecule has 0 saturated carbocycles.